The molecule has 1 fully saturated rings. The molecule has 0 spiro atoms. The largest absolute Gasteiger partial charge is 0.345 e. The SMILES string of the molecule is Cc1c(C)n(CCCCl)c2ccc(Cc3ccc(C(=O)N4CCN(CCc5ccccc5)CC4)cc3)cc12. The molecule has 0 atom stereocenters. The van der Waals surface area contributed by atoms with Gasteiger partial charge in [-0.2, -0.15) is 0 Å². The van der Waals surface area contributed by atoms with Gasteiger partial charge in [-0.15, -0.1) is 11.6 Å². The summed E-state index contributed by atoms with van der Waals surface area (Å²) in [6.07, 6.45) is 2.89. The van der Waals surface area contributed by atoms with Crippen molar-refractivity contribution in [2.45, 2.75) is 39.7 Å². The molecule has 5 heteroatoms. The molecule has 38 heavy (non-hydrogen) atoms. The Bertz CT molecular complexity index is 1370. The number of rotatable bonds is 9. The van der Waals surface area contributed by atoms with Crippen LogP contribution in [-0.2, 0) is 19.4 Å². The van der Waals surface area contributed by atoms with E-state index >= 15 is 0 Å². The summed E-state index contributed by atoms with van der Waals surface area (Å²) in [5, 5.41) is 1.32. The molecular formula is C33H38ClN3O. The average molecular weight is 528 g/mol. The highest BCUT2D eigenvalue weighted by Crippen LogP contribution is 2.27. The van der Waals surface area contributed by atoms with E-state index in [0.29, 0.717) is 5.88 Å². The van der Waals surface area contributed by atoms with Crippen molar-refractivity contribution in [2.24, 2.45) is 0 Å². The van der Waals surface area contributed by atoms with Crippen molar-refractivity contribution in [1.29, 1.82) is 0 Å². The number of aromatic nitrogens is 1. The Balaban J connectivity index is 1.17. The van der Waals surface area contributed by atoms with Crippen LogP contribution in [0.15, 0.2) is 72.8 Å². The number of aryl methyl sites for hydroxylation is 2. The summed E-state index contributed by atoms with van der Waals surface area (Å²) in [4.78, 5) is 17.6. The molecule has 0 saturated carbocycles. The van der Waals surface area contributed by atoms with E-state index in [1.807, 2.05) is 17.0 Å². The Morgan fingerprint density at radius 3 is 2.24 bits per heavy atom. The summed E-state index contributed by atoms with van der Waals surface area (Å²) >= 11 is 5.95. The number of benzene rings is 3. The van der Waals surface area contributed by atoms with E-state index in [0.717, 1.165) is 64.1 Å². The molecule has 4 aromatic rings. The Morgan fingerprint density at radius 2 is 1.53 bits per heavy atom. The molecule has 0 bridgehead atoms. The molecule has 2 heterocycles. The molecule has 0 aliphatic carbocycles. The number of amides is 1. The molecule has 0 unspecified atom stereocenters. The third-order valence-corrected chi connectivity index (χ3v) is 8.31. The molecule has 4 nitrogen and oxygen atoms in total. The molecule has 1 amide bonds. The first-order valence-corrected chi connectivity index (χ1v) is 14.4. The number of fused-ring (bicyclic) bond motifs is 1. The van der Waals surface area contributed by atoms with Crippen LogP contribution in [0.1, 0.15) is 44.7 Å². The monoisotopic (exact) mass is 527 g/mol. The maximum absolute atomic E-state index is 13.1. The van der Waals surface area contributed by atoms with Crippen LogP contribution in [0, 0.1) is 13.8 Å². The smallest absolute Gasteiger partial charge is 0.253 e. The minimum absolute atomic E-state index is 0.144. The molecule has 3 aromatic carbocycles. The minimum atomic E-state index is 0.144. The van der Waals surface area contributed by atoms with E-state index < -0.39 is 0 Å². The van der Waals surface area contributed by atoms with Gasteiger partial charge in [0.1, 0.15) is 0 Å². The van der Waals surface area contributed by atoms with Gasteiger partial charge < -0.3 is 9.47 Å². The lowest BCUT2D eigenvalue weighted by molar-refractivity contribution is 0.0638. The second-order valence-electron chi connectivity index (χ2n) is 10.5. The zero-order valence-electron chi connectivity index (χ0n) is 22.6. The van der Waals surface area contributed by atoms with Crippen LogP contribution in [0.4, 0.5) is 0 Å². The fraction of sp³-hybridized carbons (Fsp3) is 0.364. The van der Waals surface area contributed by atoms with Crippen molar-refractivity contribution in [3.8, 4) is 0 Å². The summed E-state index contributed by atoms with van der Waals surface area (Å²) in [6.45, 7) is 9.86. The summed E-state index contributed by atoms with van der Waals surface area (Å²) in [6, 6.07) is 25.6. The quantitative estimate of drug-likeness (QED) is 0.233. The number of halogens is 1. The van der Waals surface area contributed by atoms with E-state index in [1.165, 1.54) is 38.9 Å². The van der Waals surface area contributed by atoms with E-state index in [9.17, 15) is 4.79 Å². The lowest BCUT2D eigenvalue weighted by Crippen LogP contribution is -2.49. The highest BCUT2D eigenvalue weighted by molar-refractivity contribution is 6.17. The van der Waals surface area contributed by atoms with Crippen LogP contribution in [0.3, 0.4) is 0 Å². The number of alkyl halides is 1. The lowest BCUT2D eigenvalue weighted by atomic mass is 10.0. The van der Waals surface area contributed by atoms with Crippen molar-refractivity contribution >= 4 is 28.4 Å². The maximum atomic E-state index is 13.1. The number of hydrogen-bond acceptors (Lipinski definition) is 2. The Morgan fingerprint density at radius 1 is 0.816 bits per heavy atom. The third-order valence-electron chi connectivity index (χ3n) is 8.05. The van der Waals surface area contributed by atoms with Crippen LogP contribution in [0.5, 0.6) is 0 Å². The lowest BCUT2D eigenvalue weighted by Gasteiger charge is -2.34. The first kappa shape index (κ1) is 26.5. The zero-order valence-corrected chi connectivity index (χ0v) is 23.4. The highest BCUT2D eigenvalue weighted by atomic mass is 35.5. The normalized spacial score (nSPS) is 14.3. The van der Waals surface area contributed by atoms with Crippen LogP contribution >= 0.6 is 11.6 Å². The van der Waals surface area contributed by atoms with Gasteiger partial charge in [0.05, 0.1) is 0 Å². The second-order valence-corrected chi connectivity index (χ2v) is 10.9. The van der Waals surface area contributed by atoms with Crippen LogP contribution < -0.4 is 0 Å². The first-order valence-electron chi connectivity index (χ1n) is 13.8. The number of nitrogens with zero attached hydrogens (tertiary/aromatic N) is 3. The van der Waals surface area contributed by atoms with Gasteiger partial charge in [0.25, 0.3) is 5.91 Å². The Labute approximate surface area is 231 Å². The number of hydrogen-bond donors (Lipinski definition) is 0. The molecule has 5 rings (SSSR count). The summed E-state index contributed by atoms with van der Waals surface area (Å²) in [5.74, 6) is 0.824. The van der Waals surface area contributed by atoms with Gasteiger partial charge >= 0.3 is 0 Å². The Hall–Kier alpha value is -3.08. The highest BCUT2D eigenvalue weighted by Gasteiger charge is 2.22. The van der Waals surface area contributed by atoms with Crippen molar-refractivity contribution in [3.05, 3.63) is 106 Å². The first-order chi connectivity index (χ1) is 18.5. The average Bonchev–Trinajstić information content (AvgIpc) is 3.20. The predicted octanol–water partition coefficient (Wildman–Crippen LogP) is 6.48. The zero-order chi connectivity index (χ0) is 26.5. The fourth-order valence-corrected chi connectivity index (χ4v) is 5.72. The number of carbonyl (C=O) groups excluding carboxylic acids is 1. The predicted molar refractivity (Wildman–Crippen MR) is 158 cm³/mol. The van der Waals surface area contributed by atoms with Crippen LogP contribution in [0.25, 0.3) is 10.9 Å². The van der Waals surface area contributed by atoms with E-state index in [2.05, 4.69) is 84.0 Å². The molecule has 1 saturated heterocycles. The Kier molecular flexibility index (Phi) is 8.51. The maximum Gasteiger partial charge on any atom is 0.253 e. The van der Waals surface area contributed by atoms with Gasteiger partial charge in [-0.1, -0.05) is 48.5 Å². The van der Waals surface area contributed by atoms with Crippen molar-refractivity contribution < 1.29 is 4.79 Å². The van der Waals surface area contributed by atoms with Gasteiger partial charge in [0.2, 0.25) is 0 Å². The topological polar surface area (TPSA) is 28.5 Å². The molecule has 1 aromatic heterocycles. The van der Waals surface area contributed by atoms with Gasteiger partial charge in [-0.05, 0) is 79.6 Å². The van der Waals surface area contributed by atoms with Gasteiger partial charge in [0, 0.05) is 67.3 Å². The molecule has 1 aliphatic heterocycles. The number of piperazine rings is 1. The van der Waals surface area contributed by atoms with Gasteiger partial charge in [0.15, 0.2) is 0 Å². The van der Waals surface area contributed by atoms with Crippen LogP contribution in [-0.4, -0.2) is 58.9 Å². The molecule has 198 valence electrons. The second kappa shape index (κ2) is 12.2. The molecule has 1 aliphatic rings. The molecular weight excluding hydrogens is 490 g/mol. The van der Waals surface area contributed by atoms with Gasteiger partial charge in [-0.25, -0.2) is 0 Å². The third kappa shape index (κ3) is 5.98. The number of carbonyl (C=O) groups is 1. The van der Waals surface area contributed by atoms with Crippen molar-refractivity contribution in [2.75, 3.05) is 38.6 Å². The summed E-state index contributed by atoms with van der Waals surface area (Å²) in [5.41, 5.74) is 8.62. The van der Waals surface area contributed by atoms with Gasteiger partial charge in [-0.3, -0.25) is 9.69 Å². The fourth-order valence-electron chi connectivity index (χ4n) is 5.60. The summed E-state index contributed by atoms with van der Waals surface area (Å²) < 4.78 is 2.39. The van der Waals surface area contributed by atoms with E-state index in [4.69, 9.17) is 11.6 Å². The molecule has 0 radical (unpaired) electrons. The van der Waals surface area contributed by atoms with E-state index in [-0.39, 0.29) is 5.91 Å². The van der Waals surface area contributed by atoms with Crippen molar-refractivity contribution in [3.63, 3.8) is 0 Å². The standard InChI is InChI=1S/C33H38ClN3O/c1-25-26(2)37(17-6-16-34)32-14-11-29(24-31(25)32)23-28-9-12-30(13-10-28)33(38)36-21-19-35(20-22-36)18-15-27-7-4-3-5-8-27/h3-5,7-14,24H,6,15-23H2,1-2H3. The van der Waals surface area contributed by atoms with E-state index in [1.54, 1.807) is 0 Å². The van der Waals surface area contributed by atoms with Crippen molar-refractivity contribution in [1.82, 2.24) is 14.4 Å². The minimum Gasteiger partial charge on any atom is -0.345 e. The molecule has 0 N–H and O–H groups in total. The summed E-state index contributed by atoms with van der Waals surface area (Å²) in [7, 11) is 0. The van der Waals surface area contributed by atoms with Crippen LogP contribution in [0.2, 0.25) is 0 Å².